The summed E-state index contributed by atoms with van der Waals surface area (Å²) < 4.78 is 0. The Morgan fingerprint density at radius 2 is 1.79 bits per heavy atom. The van der Waals surface area contributed by atoms with E-state index in [9.17, 15) is 0 Å². The monoisotopic (exact) mass is 257 g/mol. The van der Waals surface area contributed by atoms with Crippen molar-refractivity contribution >= 4 is 11.6 Å². The number of nitrogens with zero attached hydrogens (tertiary/aromatic N) is 3. The number of hydrogen-bond donors (Lipinski definition) is 2. The first kappa shape index (κ1) is 13.3. The van der Waals surface area contributed by atoms with Crippen LogP contribution in [0.25, 0.3) is 0 Å². The van der Waals surface area contributed by atoms with Crippen molar-refractivity contribution in [3.05, 3.63) is 42.5 Å². The summed E-state index contributed by atoms with van der Waals surface area (Å²) in [6, 6.07) is 5.89. The molecule has 0 spiro atoms. The smallest absolute Gasteiger partial charge is 0.131 e. The molecule has 0 aliphatic heterocycles. The van der Waals surface area contributed by atoms with Gasteiger partial charge in [0, 0.05) is 31.5 Å². The Morgan fingerprint density at radius 1 is 1.05 bits per heavy atom. The average molecular weight is 257 g/mol. The molecular weight excluding hydrogens is 238 g/mol. The highest BCUT2D eigenvalue weighted by molar-refractivity contribution is 5.46. The van der Waals surface area contributed by atoms with Crippen molar-refractivity contribution in [3.63, 3.8) is 0 Å². The lowest BCUT2D eigenvalue weighted by atomic mass is 10.3. The van der Waals surface area contributed by atoms with Gasteiger partial charge >= 0.3 is 0 Å². The fourth-order valence-electron chi connectivity index (χ4n) is 1.64. The molecule has 2 heterocycles. The van der Waals surface area contributed by atoms with Gasteiger partial charge in [-0.25, -0.2) is 9.97 Å². The third kappa shape index (κ3) is 4.54. The second-order valence-corrected chi connectivity index (χ2v) is 4.28. The fraction of sp³-hybridized carbons (Fsp3) is 0.357. The third-order valence-corrected chi connectivity index (χ3v) is 2.73. The van der Waals surface area contributed by atoms with Crippen LogP contribution in [-0.2, 0) is 6.54 Å². The van der Waals surface area contributed by atoms with Gasteiger partial charge in [0.1, 0.15) is 18.0 Å². The molecule has 2 aromatic heterocycles. The summed E-state index contributed by atoms with van der Waals surface area (Å²) in [7, 11) is 0. The first-order chi connectivity index (χ1) is 9.38. The van der Waals surface area contributed by atoms with E-state index in [0.29, 0.717) is 0 Å². The predicted octanol–water partition coefficient (Wildman–Crippen LogP) is 2.70. The van der Waals surface area contributed by atoms with E-state index in [-0.39, 0.29) is 0 Å². The molecule has 0 unspecified atom stereocenters. The highest BCUT2D eigenvalue weighted by Gasteiger charge is 1.98. The van der Waals surface area contributed by atoms with Crippen LogP contribution in [0.4, 0.5) is 11.6 Å². The summed E-state index contributed by atoms with van der Waals surface area (Å²) in [4.78, 5) is 12.4. The van der Waals surface area contributed by atoms with E-state index in [1.807, 2.05) is 18.2 Å². The number of aromatic nitrogens is 3. The number of hydrogen-bond acceptors (Lipinski definition) is 5. The predicted molar refractivity (Wildman–Crippen MR) is 77.0 cm³/mol. The van der Waals surface area contributed by atoms with Gasteiger partial charge in [0.2, 0.25) is 0 Å². The van der Waals surface area contributed by atoms with Crippen molar-refractivity contribution in [2.45, 2.75) is 26.3 Å². The topological polar surface area (TPSA) is 62.7 Å². The summed E-state index contributed by atoms with van der Waals surface area (Å²) in [6.07, 6.45) is 7.46. The Labute approximate surface area is 113 Å². The largest absolute Gasteiger partial charge is 0.370 e. The summed E-state index contributed by atoms with van der Waals surface area (Å²) in [5.74, 6) is 1.69. The molecule has 0 atom stereocenters. The molecule has 0 aromatic carbocycles. The molecule has 0 aliphatic rings. The van der Waals surface area contributed by atoms with Crippen molar-refractivity contribution in [1.82, 2.24) is 15.0 Å². The molecule has 19 heavy (non-hydrogen) atoms. The zero-order valence-corrected chi connectivity index (χ0v) is 11.1. The molecule has 0 aliphatic carbocycles. The van der Waals surface area contributed by atoms with Crippen LogP contribution in [-0.4, -0.2) is 21.5 Å². The van der Waals surface area contributed by atoms with Gasteiger partial charge in [0.05, 0.1) is 0 Å². The molecule has 2 N–H and O–H groups in total. The van der Waals surface area contributed by atoms with Gasteiger partial charge in [0.25, 0.3) is 0 Å². The molecule has 0 saturated carbocycles. The number of rotatable bonds is 7. The minimum atomic E-state index is 0.730. The molecule has 0 fully saturated rings. The zero-order chi connectivity index (χ0) is 13.3. The standard InChI is InChI=1S/C14H19N5/c1-2-3-6-16-13-9-14(19-11-18-13)17-10-12-4-7-15-8-5-12/h4-5,7-9,11H,2-3,6,10H2,1H3,(H2,16,17,18,19). The Balaban J connectivity index is 1.88. The van der Waals surface area contributed by atoms with Gasteiger partial charge in [-0.2, -0.15) is 0 Å². The lowest BCUT2D eigenvalue weighted by molar-refractivity contribution is 0.830. The number of unbranched alkanes of at least 4 members (excludes halogenated alkanes) is 1. The van der Waals surface area contributed by atoms with Crippen LogP contribution in [0.2, 0.25) is 0 Å². The van der Waals surface area contributed by atoms with Crippen LogP contribution < -0.4 is 10.6 Å². The highest BCUT2D eigenvalue weighted by Crippen LogP contribution is 2.10. The van der Waals surface area contributed by atoms with E-state index < -0.39 is 0 Å². The highest BCUT2D eigenvalue weighted by atomic mass is 15.1. The summed E-state index contributed by atoms with van der Waals surface area (Å²) in [6.45, 7) is 3.84. The second-order valence-electron chi connectivity index (χ2n) is 4.28. The van der Waals surface area contributed by atoms with Crippen LogP contribution in [0.3, 0.4) is 0 Å². The van der Waals surface area contributed by atoms with Gasteiger partial charge in [-0.05, 0) is 24.1 Å². The normalized spacial score (nSPS) is 10.2. The molecule has 0 amide bonds. The van der Waals surface area contributed by atoms with E-state index in [1.54, 1.807) is 18.7 Å². The summed E-state index contributed by atoms with van der Waals surface area (Å²) >= 11 is 0. The molecule has 5 heteroatoms. The minimum Gasteiger partial charge on any atom is -0.370 e. The van der Waals surface area contributed by atoms with Crippen LogP contribution in [0, 0.1) is 0 Å². The van der Waals surface area contributed by atoms with Gasteiger partial charge in [-0.3, -0.25) is 4.98 Å². The molecule has 100 valence electrons. The van der Waals surface area contributed by atoms with Gasteiger partial charge < -0.3 is 10.6 Å². The maximum absolute atomic E-state index is 4.20. The Bertz CT molecular complexity index is 486. The van der Waals surface area contributed by atoms with Crippen molar-refractivity contribution < 1.29 is 0 Å². The maximum atomic E-state index is 4.20. The first-order valence-corrected chi connectivity index (χ1v) is 6.57. The maximum Gasteiger partial charge on any atom is 0.131 e. The second kappa shape index (κ2) is 7.31. The van der Waals surface area contributed by atoms with E-state index >= 15 is 0 Å². The summed E-state index contributed by atoms with van der Waals surface area (Å²) in [5.41, 5.74) is 1.18. The van der Waals surface area contributed by atoms with E-state index in [2.05, 4.69) is 32.5 Å². The number of anilines is 2. The Hall–Kier alpha value is -2.17. The van der Waals surface area contributed by atoms with Gasteiger partial charge in [-0.15, -0.1) is 0 Å². The molecule has 2 aromatic rings. The van der Waals surface area contributed by atoms with Crippen LogP contribution in [0.15, 0.2) is 36.9 Å². The molecule has 0 bridgehead atoms. The Kier molecular flexibility index (Phi) is 5.10. The molecular formula is C14H19N5. The zero-order valence-electron chi connectivity index (χ0n) is 11.1. The van der Waals surface area contributed by atoms with E-state index in [1.165, 1.54) is 12.0 Å². The molecule has 0 saturated heterocycles. The van der Waals surface area contributed by atoms with Crippen LogP contribution in [0.5, 0.6) is 0 Å². The molecule has 5 nitrogen and oxygen atoms in total. The average Bonchev–Trinajstić information content (AvgIpc) is 2.47. The van der Waals surface area contributed by atoms with Crippen LogP contribution >= 0.6 is 0 Å². The molecule has 2 rings (SSSR count). The van der Waals surface area contributed by atoms with E-state index in [4.69, 9.17) is 0 Å². The third-order valence-electron chi connectivity index (χ3n) is 2.73. The van der Waals surface area contributed by atoms with Gasteiger partial charge in [0.15, 0.2) is 0 Å². The lowest BCUT2D eigenvalue weighted by Gasteiger charge is -2.08. The van der Waals surface area contributed by atoms with Crippen molar-refractivity contribution in [2.75, 3.05) is 17.2 Å². The lowest BCUT2D eigenvalue weighted by Crippen LogP contribution is -2.06. The van der Waals surface area contributed by atoms with Crippen molar-refractivity contribution in [2.24, 2.45) is 0 Å². The Morgan fingerprint density at radius 3 is 2.53 bits per heavy atom. The SMILES string of the molecule is CCCCNc1cc(NCc2ccncc2)ncn1. The number of pyridine rings is 1. The first-order valence-electron chi connectivity index (χ1n) is 6.57. The quantitative estimate of drug-likeness (QED) is 0.747. The minimum absolute atomic E-state index is 0.730. The van der Waals surface area contributed by atoms with E-state index in [0.717, 1.165) is 31.1 Å². The van der Waals surface area contributed by atoms with Crippen molar-refractivity contribution in [3.8, 4) is 0 Å². The number of nitrogens with one attached hydrogen (secondary N) is 2. The van der Waals surface area contributed by atoms with Gasteiger partial charge in [-0.1, -0.05) is 13.3 Å². The molecule has 0 radical (unpaired) electrons. The van der Waals surface area contributed by atoms with Crippen molar-refractivity contribution in [1.29, 1.82) is 0 Å². The van der Waals surface area contributed by atoms with Crippen LogP contribution in [0.1, 0.15) is 25.3 Å². The summed E-state index contributed by atoms with van der Waals surface area (Å²) in [5, 5.41) is 6.56. The fourth-order valence-corrected chi connectivity index (χ4v) is 1.64.